The van der Waals surface area contributed by atoms with Gasteiger partial charge in [-0.05, 0) is 67.5 Å². The van der Waals surface area contributed by atoms with Gasteiger partial charge < -0.3 is 9.47 Å². The molecule has 0 atom stereocenters. The fourth-order valence-corrected chi connectivity index (χ4v) is 3.05. The maximum atomic E-state index is 5.48. The lowest BCUT2D eigenvalue weighted by Crippen LogP contribution is -1.98. The van der Waals surface area contributed by atoms with E-state index in [0.29, 0.717) is 0 Å². The van der Waals surface area contributed by atoms with Crippen LogP contribution in [0.2, 0.25) is 0 Å². The number of hydrogen-bond acceptors (Lipinski definition) is 2. The zero-order chi connectivity index (χ0) is 18.4. The van der Waals surface area contributed by atoms with Gasteiger partial charge in [0.1, 0.15) is 11.5 Å². The van der Waals surface area contributed by atoms with E-state index in [9.17, 15) is 0 Å². The van der Waals surface area contributed by atoms with E-state index in [4.69, 9.17) is 9.47 Å². The molecule has 132 valence electrons. The summed E-state index contributed by atoms with van der Waals surface area (Å²) in [4.78, 5) is 0. The minimum absolute atomic E-state index is 0.834. The highest BCUT2D eigenvalue weighted by atomic mass is 16.5. The van der Waals surface area contributed by atoms with E-state index in [1.165, 1.54) is 22.3 Å². The van der Waals surface area contributed by atoms with Gasteiger partial charge in [-0.2, -0.15) is 0 Å². The lowest BCUT2D eigenvalue weighted by Gasteiger charge is -2.13. The molecule has 25 heavy (non-hydrogen) atoms. The van der Waals surface area contributed by atoms with E-state index in [0.717, 1.165) is 41.9 Å². The van der Waals surface area contributed by atoms with Gasteiger partial charge in [0.05, 0.1) is 14.2 Å². The van der Waals surface area contributed by atoms with Crippen LogP contribution in [-0.4, -0.2) is 14.2 Å². The molecule has 0 aliphatic heterocycles. The molecule has 2 aromatic rings. The van der Waals surface area contributed by atoms with Crippen LogP contribution in [0.25, 0.3) is 0 Å². The van der Waals surface area contributed by atoms with E-state index in [2.05, 4.69) is 37.4 Å². The molecule has 2 rings (SSSR count). The minimum Gasteiger partial charge on any atom is -0.496 e. The summed E-state index contributed by atoms with van der Waals surface area (Å²) >= 11 is 0. The third-order valence-electron chi connectivity index (χ3n) is 4.08. The summed E-state index contributed by atoms with van der Waals surface area (Å²) in [6.45, 7) is 12.1. The summed E-state index contributed by atoms with van der Waals surface area (Å²) in [5.41, 5.74) is 7.16. The predicted molar refractivity (Wildman–Crippen MR) is 106 cm³/mol. The average molecular weight is 336 g/mol. The van der Waals surface area contributed by atoms with Crippen molar-refractivity contribution in [2.75, 3.05) is 14.2 Å². The average Bonchev–Trinajstić information content (AvgIpc) is 2.54. The van der Waals surface area contributed by atoms with Crippen LogP contribution in [0.4, 0.5) is 0 Å². The van der Waals surface area contributed by atoms with Crippen molar-refractivity contribution in [1.82, 2.24) is 0 Å². The van der Waals surface area contributed by atoms with Crippen LogP contribution < -0.4 is 9.47 Å². The SMILES string of the molecule is C=C(C)Cc1cc(Cc2ccc(OC)c(CC(=C)C)c2)ccc1OC. The Morgan fingerprint density at radius 2 is 1.16 bits per heavy atom. The number of allylic oxidation sites excluding steroid dienone is 2. The van der Waals surface area contributed by atoms with Gasteiger partial charge in [0.2, 0.25) is 0 Å². The molecule has 0 aromatic heterocycles. The Balaban J connectivity index is 2.29. The van der Waals surface area contributed by atoms with Crippen LogP contribution in [-0.2, 0) is 19.3 Å². The highest BCUT2D eigenvalue weighted by molar-refractivity contribution is 5.44. The maximum Gasteiger partial charge on any atom is 0.122 e. The molecule has 0 spiro atoms. The van der Waals surface area contributed by atoms with Crippen molar-refractivity contribution in [2.45, 2.75) is 33.1 Å². The molecule has 2 heteroatoms. The van der Waals surface area contributed by atoms with Gasteiger partial charge in [-0.25, -0.2) is 0 Å². The number of methoxy groups -OCH3 is 2. The largest absolute Gasteiger partial charge is 0.496 e. The molecule has 0 saturated carbocycles. The van der Waals surface area contributed by atoms with Gasteiger partial charge in [-0.1, -0.05) is 48.6 Å². The second-order valence-electron chi connectivity index (χ2n) is 6.74. The molecular weight excluding hydrogens is 308 g/mol. The first kappa shape index (κ1) is 18.9. The van der Waals surface area contributed by atoms with E-state index in [1.54, 1.807) is 14.2 Å². The highest BCUT2D eigenvalue weighted by Gasteiger charge is 2.08. The Kier molecular flexibility index (Phi) is 6.46. The van der Waals surface area contributed by atoms with Crippen molar-refractivity contribution >= 4 is 0 Å². The molecule has 0 radical (unpaired) electrons. The van der Waals surface area contributed by atoms with Crippen LogP contribution in [0, 0.1) is 0 Å². The zero-order valence-corrected chi connectivity index (χ0v) is 15.8. The van der Waals surface area contributed by atoms with Crippen LogP contribution in [0.1, 0.15) is 36.1 Å². The molecule has 2 aromatic carbocycles. The molecule has 0 heterocycles. The summed E-state index contributed by atoms with van der Waals surface area (Å²) in [5.74, 6) is 1.84. The van der Waals surface area contributed by atoms with Crippen LogP contribution in [0.5, 0.6) is 11.5 Å². The monoisotopic (exact) mass is 336 g/mol. The molecule has 0 amide bonds. The van der Waals surface area contributed by atoms with E-state index in [-0.39, 0.29) is 0 Å². The van der Waals surface area contributed by atoms with Crippen molar-refractivity contribution < 1.29 is 9.47 Å². The van der Waals surface area contributed by atoms with Gasteiger partial charge in [-0.3, -0.25) is 0 Å². The predicted octanol–water partition coefficient (Wildman–Crippen LogP) is 5.53. The molecule has 0 aliphatic carbocycles. The molecule has 0 fully saturated rings. The Labute approximate surface area is 151 Å². The van der Waals surface area contributed by atoms with E-state index >= 15 is 0 Å². The lowest BCUT2D eigenvalue weighted by atomic mass is 9.97. The molecule has 0 unspecified atom stereocenters. The van der Waals surface area contributed by atoms with Crippen LogP contribution >= 0.6 is 0 Å². The van der Waals surface area contributed by atoms with Crippen LogP contribution in [0.15, 0.2) is 60.7 Å². The maximum absolute atomic E-state index is 5.48. The van der Waals surface area contributed by atoms with Gasteiger partial charge in [0.15, 0.2) is 0 Å². The Morgan fingerprint density at radius 3 is 1.48 bits per heavy atom. The first-order valence-corrected chi connectivity index (χ1v) is 8.53. The fraction of sp³-hybridized carbons (Fsp3) is 0.304. The summed E-state index contributed by atoms with van der Waals surface area (Å²) in [7, 11) is 3.43. The molecule has 0 N–H and O–H groups in total. The van der Waals surface area contributed by atoms with Crippen molar-refractivity contribution in [3.05, 3.63) is 83.0 Å². The van der Waals surface area contributed by atoms with Crippen molar-refractivity contribution in [1.29, 1.82) is 0 Å². The number of ether oxygens (including phenoxy) is 2. The minimum atomic E-state index is 0.834. The second-order valence-corrected chi connectivity index (χ2v) is 6.74. The Morgan fingerprint density at radius 1 is 0.760 bits per heavy atom. The first-order valence-electron chi connectivity index (χ1n) is 8.53. The number of rotatable bonds is 8. The molecule has 2 nitrogen and oxygen atoms in total. The van der Waals surface area contributed by atoms with Crippen molar-refractivity contribution in [3.63, 3.8) is 0 Å². The second kappa shape index (κ2) is 8.57. The zero-order valence-electron chi connectivity index (χ0n) is 15.8. The quantitative estimate of drug-likeness (QED) is 0.590. The van der Waals surface area contributed by atoms with Gasteiger partial charge in [0, 0.05) is 0 Å². The van der Waals surface area contributed by atoms with Gasteiger partial charge in [0.25, 0.3) is 0 Å². The normalized spacial score (nSPS) is 10.4. The van der Waals surface area contributed by atoms with Crippen molar-refractivity contribution in [2.24, 2.45) is 0 Å². The highest BCUT2D eigenvalue weighted by Crippen LogP contribution is 2.26. The first-order chi connectivity index (χ1) is 11.9. The van der Waals surface area contributed by atoms with Gasteiger partial charge >= 0.3 is 0 Å². The lowest BCUT2D eigenvalue weighted by molar-refractivity contribution is 0.410. The smallest absolute Gasteiger partial charge is 0.122 e. The standard InChI is InChI=1S/C23H28O2/c1-16(2)11-20-14-18(7-9-22(20)24-5)13-19-8-10-23(25-6)21(15-19)12-17(3)4/h7-10,14-15H,1,3,11-13H2,2,4-6H3. The molecule has 0 saturated heterocycles. The summed E-state index contributed by atoms with van der Waals surface area (Å²) in [6.07, 6.45) is 2.54. The van der Waals surface area contributed by atoms with Gasteiger partial charge in [-0.15, -0.1) is 0 Å². The molecule has 0 bridgehead atoms. The Hall–Kier alpha value is -2.48. The summed E-state index contributed by atoms with van der Waals surface area (Å²) in [5, 5.41) is 0. The number of hydrogen-bond donors (Lipinski definition) is 0. The fourth-order valence-electron chi connectivity index (χ4n) is 3.05. The Bertz CT molecular complexity index is 706. The molecular formula is C23H28O2. The molecule has 0 aliphatic rings. The third kappa shape index (κ3) is 5.25. The summed E-state index contributed by atoms with van der Waals surface area (Å²) < 4.78 is 11.0. The van der Waals surface area contributed by atoms with Crippen molar-refractivity contribution in [3.8, 4) is 11.5 Å². The number of benzene rings is 2. The van der Waals surface area contributed by atoms with E-state index < -0.39 is 0 Å². The van der Waals surface area contributed by atoms with E-state index in [1.807, 2.05) is 26.0 Å². The van der Waals surface area contributed by atoms with Crippen LogP contribution in [0.3, 0.4) is 0 Å². The summed E-state index contributed by atoms with van der Waals surface area (Å²) in [6, 6.07) is 12.8. The third-order valence-corrected chi connectivity index (χ3v) is 4.08. The topological polar surface area (TPSA) is 18.5 Å².